The fourth-order valence-electron chi connectivity index (χ4n) is 3.76. The molecule has 1 aliphatic rings. The van der Waals surface area contributed by atoms with E-state index in [4.69, 9.17) is 9.47 Å². The minimum Gasteiger partial charge on any atom is -0.490 e. The quantitative estimate of drug-likeness (QED) is 0.167. The van der Waals surface area contributed by atoms with Crippen molar-refractivity contribution in [3.63, 3.8) is 0 Å². The fraction of sp³-hybridized carbons (Fsp3) is 0.179. The van der Waals surface area contributed by atoms with Crippen LogP contribution in [0, 0.1) is 10.5 Å². The van der Waals surface area contributed by atoms with Crippen molar-refractivity contribution in [2.75, 3.05) is 18.5 Å². The number of amides is 4. The van der Waals surface area contributed by atoms with Gasteiger partial charge in [-0.25, -0.2) is 9.69 Å². The maximum atomic E-state index is 12.9. The van der Waals surface area contributed by atoms with E-state index in [1.165, 1.54) is 6.08 Å². The Hall–Kier alpha value is -3.38. The monoisotopic (exact) mass is 689 g/mol. The molecule has 0 bridgehead atoms. The topological polar surface area (TPSA) is 97.0 Å². The summed E-state index contributed by atoms with van der Waals surface area (Å²) < 4.78 is 13.6. The van der Waals surface area contributed by atoms with Crippen LogP contribution in [0.2, 0.25) is 0 Å². The lowest BCUT2D eigenvalue weighted by molar-refractivity contribution is -0.127. The van der Waals surface area contributed by atoms with E-state index in [0.29, 0.717) is 40.4 Å². The molecule has 38 heavy (non-hydrogen) atoms. The molecule has 1 aliphatic heterocycles. The molecule has 4 rings (SSSR count). The second kappa shape index (κ2) is 12.4. The van der Waals surface area contributed by atoms with Crippen molar-refractivity contribution in [3.8, 4) is 11.5 Å². The van der Waals surface area contributed by atoms with Gasteiger partial charge < -0.3 is 20.1 Å². The van der Waals surface area contributed by atoms with Crippen molar-refractivity contribution in [1.82, 2.24) is 10.2 Å². The van der Waals surface area contributed by atoms with Crippen LogP contribution in [0.25, 0.3) is 6.08 Å². The van der Waals surface area contributed by atoms with Gasteiger partial charge in [-0.15, -0.1) is 0 Å². The van der Waals surface area contributed by atoms with E-state index in [0.717, 1.165) is 19.6 Å². The van der Waals surface area contributed by atoms with Gasteiger partial charge in [0.2, 0.25) is 5.91 Å². The number of hydrogen-bond acceptors (Lipinski definition) is 5. The fourth-order valence-corrected chi connectivity index (χ4v) is 4.69. The van der Waals surface area contributed by atoms with Crippen LogP contribution in [0.1, 0.15) is 23.6 Å². The summed E-state index contributed by atoms with van der Waals surface area (Å²) in [7, 11) is 0. The van der Waals surface area contributed by atoms with Crippen molar-refractivity contribution in [2.45, 2.75) is 20.5 Å². The van der Waals surface area contributed by atoms with E-state index in [-0.39, 0.29) is 5.70 Å². The van der Waals surface area contributed by atoms with Gasteiger partial charge in [-0.05, 0) is 112 Å². The molecular formula is C28H25BrIN3O5. The lowest BCUT2D eigenvalue weighted by Gasteiger charge is -2.15. The molecule has 0 spiro atoms. The number of aryl methyl sites for hydroxylation is 1. The molecule has 0 atom stereocenters. The highest BCUT2D eigenvalue weighted by molar-refractivity contribution is 14.1. The summed E-state index contributed by atoms with van der Waals surface area (Å²) in [5.74, 6) is -0.0481. The van der Waals surface area contributed by atoms with Crippen molar-refractivity contribution in [3.05, 3.63) is 91.1 Å². The summed E-state index contributed by atoms with van der Waals surface area (Å²) >= 11 is 5.79. The van der Waals surface area contributed by atoms with Gasteiger partial charge in [0, 0.05) is 9.26 Å². The van der Waals surface area contributed by atoms with Gasteiger partial charge in [-0.2, -0.15) is 0 Å². The number of ether oxygens (including phenoxy) is 2. The van der Waals surface area contributed by atoms with Gasteiger partial charge in [-0.3, -0.25) is 9.59 Å². The number of nitrogens with one attached hydrogen (secondary N) is 2. The maximum absolute atomic E-state index is 12.9. The van der Waals surface area contributed by atoms with Gasteiger partial charge in [0.25, 0.3) is 5.91 Å². The number of nitrogens with zero attached hydrogens (tertiary/aromatic N) is 1. The molecule has 0 saturated carbocycles. The van der Waals surface area contributed by atoms with E-state index >= 15 is 0 Å². The Morgan fingerprint density at radius 1 is 1.11 bits per heavy atom. The molecule has 0 radical (unpaired) electrons. The number of carbonyl (C=O) groups excluding carboxylic acids is 3. The highest BCUT2D eigenvalue weighted by atomic mass is 127. The smallest absolute Gasteiger partial charge is 0.329 e. The zero-order valence-corrected chi connectivity index (χ0v) is 24.5. The summed E-state index contributed by atoms with van der Waals surface area (Å²) in [6.07, 6.45) is 1.54. The molecule has 0 aromatic heterocycles. The van der Waals surface area contributed by atoms with Crippen molar-refractivity contribution < 1.29 is 23.9 Å². The first-order chi connectivity index (χ1) is 18.2. The summed E-state index contributed by atoms with van der Waals surface area (Å²) in [5.41, 5.74) is 3.25. The van der Waals surface area contributed by atoms with Crippen LogP contribution in [-0.2, 0) is 16.2 Å². The van der Waals surface area contributed by atoms with Crippen molar-refractivity contribution in [2.24, 2.45) is 0 Å². The summed E-state index contributed by atoms with van der Waals surface area (Å²) in [4.78, 5) is 38.8. The molecular weight excluding hydrogens is 665 g/mol. The third-order valence-electron chi connectivity index (χ3n) is 5.50. The average molecular weight is 690 g/mol. The zero-order valence-electron chi connectivity index (χ0n) is 20.7. The number of urea groups is 1. The molecule has 1 fully saturated rings. The highest BCUT2D eigenvalue weighted by Crippen LogP contribution is 2.38. The second-order valence-electron chi connectivity index (χ2n) is 8.48. The Balaban J connectivity index is 1.48. The summed E-state index contributed by atoms with van der Waals surface area (Å²) in [6, 6.07) is 18.1. The van der Waals surface area contributed by atoms with E-state index in [2.05, 4.69) is 49.2 Å². The lowest BCUT2D eigenvalue weighted by Crippen LogP contribution is -2.38. The van der Waals surface area contributed by atoms with Crippen LogP contribution < -0.4 is 20.1 Å². The molecule has 10 heteroatoms. The standard InChI is InChI=1S/C28H25BrIN3O5/c1-3-37-24-14-19(12-22(29)26(24)38-16-18-7-9-20(30)10-8-18)13-23-27(35)33(28(36)32-23)15-25(34)31-21-6-4-5-17(2)11-21/h4-14H,3,15-16H2,1-2H3,(H,31,34)(H,32,36)/b23-13+. The summed E-state index contributed by atoms with van der Waals surface area (Å²) in [6.45, 7) is 4.12. The van der Waals surface area contributed by atoms with Crippen LogP contribution in [0.5, 0.6) is 11.5 Å². The number of benzene rings is 3. The zero-order chi connectivity index (χ0) is 27.2. The van der Waals surface area contributed by atoms with Crippen LogP contribution in [0.4, 0.5) is 10.5 Å². The normalized spacial score (nSPS) is 14.0. The molecule has 196 valence electrons. The first kappa shape index (κ1) is 27.6. The largest absolute Gasteiger partial charge is 0.490 e. The number of halogens is 2. The minimum atomic E-state index is -0.665. The second-order valence-corrected chi connectivity index (χ2v) is 10.6. The number of anilines is 1. The third kappa shape index (κ3) is 6.93. The molecule has 2 N–H and O–H groups in total. The van der Waals surface area contributed by atoms with Crippen LogP contribution in [0.15, 0.2) is 70.8 Å². The Morgan fingerprint density at radius 3 is 2.58 bits per heavy atom. The predicted octanol–water partition coefficient (Wildman–Crippen LogP) is 5.87. The molecule has 1 saturated heterocycles. The third-order valence-corrected chi connectivity index (χ3v) is 6.81. The predicted molar refractivity (Wildman–Crippen MR) is 157 cm³/mol. The first-order valence-corrected chi connectivity index (χ1v) is 13.7. The first-order valence-electron chi connectivity index (χ1n) is 11.8. The van der Waals surface area contributed by atoms with Crippen molar-refractivity contribution in [1.29, 1.82) is 0 Å². The lowest BCUT2D eigenvalue weighted by atomic mass is 10.1. The van der Waals surface area contributed by atoms with Gasteiger partial charge in [0.15, 0.2) is 11.5 Å². The van der Waals surface area contributed by atoms with Crippen molar-refractivity contribution >= 4 is 68.1 Å². The highest BCUT2D eigenvalue weighted by Gasteiger charge is 2.35. The molecule has 8 nitrogen and oxygen atoms in total. The van der Waals surface area contributed by atoms with Gasteiger partial charge in [-0.1, -0.05) is 24.3 Å². The Labute approximate surface area is 242 Å². The van der Waals surface area contributed by atoms with Crippen LogP contribution >= 0.6 is 38.5 Å². The van der Waals surface area contributed by atoms with Crippen LogP contribution in [-0.4, -0.2) is 35.9 Å². The molecule has 3 aromatic carbocycles. The number of imide groups is 1. The van der Waals surface area contributed by atoms with E-state index in [1.54, 1.807) is 24.3 Å². The van der Waals surface area contributed by atoms with Gasteiger partial charge in [0.05, 0.1) is 11.1 Å². The van der Waals surface area contributed by atoms with E-state index in [1.807, 2.05) is 50.2 Å². The number of carbonyl (C=O) groups is 3. The average Bonchev–Trinajstić information content (AvgIpc) is 3.12. The Kier molecular flexibility index (Phi) is 9.05. The van der Waals surface area contributed by atoms with E-state index in [9.17, 15) is 14.4 Å². The van der Waals surface area contributed by atoms with Gasteiger partial charge in [0.1, 0.15) is 18.8 Å². The minimum absolute atomic E-state index is 0.0558. The molecule has 1 heterocycles. The number of rotatable bonds is 9. The van der Waals surface area contributed by atoms with E-state index < -0.39 is 24.4 Å². The van der Waals surface area contributed by atoms with Crippen LogP contribution in [0.3, 0.4) is 0 Å². The number of hydrogen-bond donors (Lipinski definition) is 2. The van der Waals surface area contributed by atoms with Gasteiger partial charge >= 0.3 is 6.03 Å². The molecule has 0 aliphatic carbocycles. The summed E-state index contributed by atoms with van der Waals surface area (Å²) in [5, 5.41) is 5.26. The SMILES string of the molecule is CCOc1cc(/C=C2/NC(=O)N(CC(=O)Nc3cccc(C)c3)C2=O)cc(Br)c1OCc1ccc(I)cc1. The molecule has 4 amide bonds. The Morgan fingerprint density at radius 2 is 1.87 bits per heavy atom. The molecule has 0 unspecified atom stereocenters. The molecule has 3 aromatic rings. The Bertz CT molecular complexity index is 1410. The maximum Gasteiger partial charge on any atom is 0.329 e.